The Balaban J connectivity index is 1.46. The third-order valence-electron chi connectivity index (χ3n) is 4.35. The molecule has 11 nitrogen and oxygen atoms in total. The summed E-state index contributed by atoms with van der Waals surface area (Å²) in [7, 11) is 1.67. The number of methoxy groups -OCH3 is 1. The summed E-state index contributed by atoms with van der Waals surface area (Å²) in [5, 5.41) is 16.8. The van der Waals surface area contributed by atoms with Crippen LogP contribution in [0.2, 0.25) is 0 Å². The zero-order valence-electron chi connectivity index (χ0n) is 15.0. The minimum atomic E-state index is 0.498. The van der Waals surface area contributed by atoms with Crippen molar-refractivity contribution in [2.75, 3.05) is 13.7 Å². The minimum Gasteiger partial charge on any atom is -0.383 e. The minimum absolute atomic E-state index is 0.498. The first kappa shape index (κ1) is 16.4. The van der Waals surface area contributed by atoms with Gasteiger partial charge in [0.05, 0.1) is 37.8 Å². The summed E-state index contributed by atoms with van der Waals surface area (Å²) in [5.41, 5.74) is 4.50. The van der Waals surface area contributed by atoms with Gasteiger partial charge >= 0.3 is 0 Å². The van der Waals surface area contributed by atoms with Crippen LogP contribution in [0.1, 0.15) is 5.56 Å². The lowest BCUT2D eigenvalue weighted by molar-refractivity contribution is 0.183. The zero-order chi connectivity index (χ0) is 18.9. The average Bonchev–Trinajstić information content (AvgIpc) is 3.46. The van der Waals surface area contributed by atoms with Crippen molar-refractivity contribution in [2.45, 2.75) is 13.1 Å². The molecule has 0 atom stereocenters. The number of pyridine rings is 1. The van der Waals surface area contributed by atoms with Crippen LogP contribution < -0.4 is 0 Å². The van der Waals surface area contributed by atoms with Gasteiger partial charge in [-0.2, -0.15) is 10.2 Å². The number of hydrogen-bond donors (Lipinski definition) is 0. The molecule has 5 aromatic rings. The molecule has 0 amide bonds. The fourth-order valence-corrected chi connectivity index (χ4v) is 2.93. The van der Waals surface area contributed by atoms with E-state index in [4.69, 9.17) is 9.72 Å². The van der Waals surface area contributed by atoms with Gasteiger partial charge in [0, 0.05) is 25.1 Å². The lowest BCUT2D eigenvalue weighted by Gasteiger charge is -2.03. The Morgan fingerprint density at radius 2 is 2.04 bits per heavy atom. The van der Waals surface area contributed by atoms with Crippen LogP contribution in [-0.4, -0.2) is 63.1 Å². The van der Waals surface area contributed by atoms with Gasteiger partial charge in [0.25, 0.3) is 0 Å². The van der Waals surface area contributed by atoms with E-state index in [0.29, 0.717) is 36.7 Å². The van der Waals surface area contributed by atoms with E-state index in [1.54, 1.807) is 28.7 Å². The molecule has 5 rings (SSSR count). The Morgan fingerprint density at radius 3 is 2.96 bits per heavy atom. The van der Waals surface area contributed by atoms with E-state index >= 15 is 0 Å². The van der Waals surface area contributed by atoms with E-state index in [0.717, 1.165) is 16.8 Å². The van der Waals surface area contributed by atoms with Gasteiger partial charge in [-0.15, -0.1) is 5.10 Å². The third-order valence-corrected chi connectivity index (χ3v) is 4.35. The van der Waals surface area contributed by atoms with Gasteiger partial charge in [-0.05, 0) is 11.6 Å². The van der Waals surface area contributed by atoms with Crippen LogP contribution in [0.25, 0.3) is 28.2 Å². The summed E-state index contributed by atoms with van der Waals surface area (Å²) >= 11 is 0. The van der Waals surface area contributed by atoms with Crippen molar-refractivity contribution in [1.82, 2.24) is 49.3 Å². The molecular weight excluding hydrogens is 360 g/mol. The predicted molar refractivity (Wildman–Crippen MR) is 98.3 cm³/mol. The number of fused-ring (bicyclic) bond motifs is 2. The van der Waals surface area contributed by atoms with Crippen molar-refractivity contribution < 1.29 is 4.74 Å². The van der Waals surface area contributed by atoms with Crippen molar-refractivity contribution in [3.63, 3.8) is 0 Å². The average molecular weight is 376 g/mol. The summed E-state index contributed by atoms with van der Waals surface area (Å²) in [5.74, 6) is 0. The second-order valence-electron chi connectivity index (χ2n) is 6.23. The number of hydrogen-bond acceptors (Lipinski definition) is 8. The molecule has 0 saturated heterocycles. The second kappa shape index (κ2) is 6.78. The number of rotatable bonds is 6. The monoisotopic (exact) mass is 376 g/mol. The molecule has 28 heavy (non-hydrogen) atoms. The van der Waals surface area contributed by atoms with Gasteiger partial charge in [0.1, 0.15) is 6.33 Å². The molecular formula is C17H16N10O. The lowest BCUT2D eigenvalue weighted by atomic mass is 10.2. The van der Waals surface area contributed by atoms with Gasteiger partial charge in [0.2, 0.25) is 5.65 Å². The highest BCUT2D eigenvalue weighted by atomic mass is 16.5. The Hall–Kier alpha value is -3.73. The van der Waals surface area contributed by atoms with Crippen LogP contribution in [0.3, 0.4) is 0 Å². The molecule has 0 fully saturated rings. The first-order chi connectivity index (χ1) is 13.8. The van der Waals surface area contributed by atoms with Crippen molar-refractivity contribution >= 4 is 16.9 Å². The Labute approximate surface area is 158 Å². The predicted octanol–water partition coefficient (Wildman–Crippen LogP) is 0.822. The molecule has 0 aliphatic rings. The number of nitrogens with zero attached hydrogens (tertiary/aromatic N) is 10. The Morgan fingerprint density at radius 1 is 1.07 bits per heavy atom. The molecule has 0 unspecified atom stereocenters. The summed E-state index contributed by atoms with van der Waals surface area (Å²) in [6, 6.07) is 3.89. The van der Waals surface area contributed by atoms with Gasteiger partial charge in [0.15, 0.2) is 11.3 Å². The van der Waals surface area contributed by atoms with Crippen molar-refractivity contribution in [3.8, 4) is 11.3 Å². The maximum Gasteiger partial charge on any atom is 0.221 e. The highest BCUT2D eigenvalue weighted by Crippen LogP contribution is 2.18. The Kier molecular flexibility index (Phi) is 3.98. The van der Waals surface area contributed by atoms with Crippen LogP contribution in [0, 0.1) is 0 Å². The zero-order valence-corrected chi connectivity index (χ0v) is 15.0. The topological polar surface area (TPSA) is 114 Å². The normalized spacial score (nSPS) is 11.6. The quantitative estimate of drug-likeness (QED) is 0.428. The molecule has 0 radical (unpaired) electrons. The van der Waals surface area contributed by atoms with E-state index in [1.807, 2.05) is 29.2 Å². The largest absolute Gasteiger partial charge is 0.383 e. The van der Waals surface area contributed by atoms with Crippen LogP contribution in [0.15, 0.2) is 43.2 Å². The van der Waals surface area contributed by atoms with E-state index in [-0.39, 0.29) is 0 Å². The maximum absolute atomic E-state index is 5.08. The van der Waals surface area contributed by atoms with E-state index in [1.165, 1.54) is 6.33 Å². The van der Waals surface area contributed by atoms with Crippen molar-refractivity contribution in [1.29, 1.82) is 0 Å². The van der Waals surface area contributed by atoms with Gasteiger partial charge < -0.3 is 4.74 Å². The summed E-state index contributed by atoms with van der Waals surface area (Å²) in [6.07, 6.45) is 8.79. The molecule has 140 valence electrons. The summed E-state index contributed by atoms with van der Waals surface area (Å²) in [6.45, 7) is 1.77. The molecule has 0 aliphatic heterocycles. The molecule has 0 bridgehead atoms. The fourth-order valence-electron chi connectivity index (χ4n) is 2.93. The van der Waals surface area contributed by atoms with Gasteiger partial charge in [-0.1, -0.05) is 11.3 Å². The van der Waals surface area contributed by atoms with Gasteiger partial charge in [-0.25, -0.2) is 24.1 Å². The summed E-state index contributed by atoms with van der Waals surface area (Å²) in [4.78, 5) is 13.2. The summed E-state index contributed by atoms with van der Waals surface area (Å²) < 4.78 is 10.3. The molecule has 5 aromatic heterocycles. The standard InChI is InChI=1S/C17H16N10O/c1-28-5-4-25-10-13(6-20-25)14-7-18-16-17(22-14)27(24-23-16)9-12-2-3-15-19-11-21-26(15)8-12/h2-3,6-8,10-11H,4-5,9H2,1H3. The molecule has 11 heteroatoms. The van der Waals surface area contributed by atoms with Crippen LogP contribution in [0.4, 0.5) is 0 Å². The first-order valence-electron chi connectivity index (χ1n) is 8.66. The molecule has 0 aromatic carbocycles. The van der Waals surface area contributed by atoms with Crippen LogP contribution >= 0.6 is 0 Å². The highest BCUT2D eigenvalue weighted by Gasteiger charge is 2.12. The van der Waals surface area contributed by atoms with Crippen LogP contribution in [0.5, 0.6) is 0 Å². The second-order valence-corrected chi connectivity index (χ2v) is 6.23. The molecule has 0 saturated carbocycles. The first-order valence-corrected chi connectivity index (χ1v) is 8.66. The van der Waals surface area contributed by atoms with E-state index < -0.39 is 0 Å². The van der Waals surface area contributed by atoms with E-state index in [2.05, 4.69) is 30.5 Å². The smallest absolute Gasteiger partial charge is 0.221 e. The fraction of sp³-hybridized carbons (Fsp3) is 0.235. The highest BCUT2D eigenvalue weighted by molar-refractivity contribution is 5.69. The lowest BCUT2D eigenvalue weighted by Crippen LogP contribution is -2.05. The van der Waals surface area contributed by atoms with Crippen LogP contribution in [-0.2, 0) is 17.8 Å². The molecule has 0 spiro atoms. The van der Waals surface area contributed by atoms with Crippen molar-refractivity contribution in [2.24, 2.45) is 0 Å². The Bertz CT molecular complexity index is 1250. The molecule has 0 N–H and O–H groups in total. The number of ether oxygens (including phenoxy) is 1. The van der Waals surface area contributed by atoms with Gasteiger partial charge in [-0.3, -0.25) is 4.68 Å². The van der Waals surface area contributed by atoms with Crippen molar-refractivity contribution in [3.05, 3.63) is 48.8 Å². The number of aromatic nitrogens is 10. The molecule has 0 aliphatic carbocycles. The van der Waals surface area contributed by atoms with E-state index in [9.17, 15) is 0 Å². The maximum atomic E-state index is 5.08. The SMILES string of the molecule is COCCn1cc(-c2cnc3nnn(Cc4ccc5ncnn5c4)c3n2)cn1. The third kappa shape index (κ3) is 2.97. The molecule has 5 heterocycles.